The molecule has 1 saturated heterocycles. The Balaban J connectivity index is 1.94. The van der Waals surface area contributed by atoms with Crippen LogP contribution in [0.3, 0.4) is 0 Å². The van der Waals surface area contributed by atoms with Crippen molar-refractivity contribution in [2.45, 2.75) is 19.4 Å². The highest BCUT2D eigenvalue weighted by Gasteiger charge is 2.18. The maximum Gasteiger partial charge on any atom is 0.0409 e. The fourth-order valence-corrected chi connectivity index (χ4v) is 2.78. The Hall–Kier alpha value is -0.240. The van der Waals surface area contributed by atoms with Crippen LogP contribution in [0.25, 0.3) is 0 Å². The van der Waals surface area contributed by atoms with Crippen molar-refractivity contribution in [3.63, 3.8) is 0 Å². The number of hydrogen-bond donors (Lipinski definition) is 0. The summed E-state index contributed by atoms with van der Waals surface area (Å²) in [7, 11) is 0. The molecule has 0 aliphatic carbocycles. The molecule has 0 saturated carbocycles. The summed E-state index contributed by atoms with van der Waals surface area (Å²) >= 11 is 11.9. The minimum absolute atomic E-state index is 0.662. The molecule has 0 bridgehead atoms. The van der Waals surface area contributed by atoms with Gasteiger partial charge in [0.1, 0.15) is 0 Å². The highest BCUT2D eigenvalue weighted by molar-refractivity contribution is 6.30. The van der Waals surface area contributed by atoms with Gasteiger partial charge in [-0.1, -0.05) is 23.7 Å². The van der Waals surface area contributed by atoms with Crippen LogP contribution in [-0.2, 0) is 6.54 Å². The first-order valence-electron chi connectivity index (χ1n) is 5.80. The second kappa shape index (κ2) is 5.90. The van der Waals surface area contributed by atoms with Crippen molar-refractivity contribution in [1.29, 1.82) is 0 Å². The molecule has 1 unspecified atom stereocenters. The molecule has 1 heterocycles. The zero-order chi connectivity index (χ0) is 11.4. The molecule has 1 aromatic rings. The summed E-state index contributed by atoms with van der Waals surface area (Å²) in [6.07, 6.45) is 2.54. The zero-order valence-corrected chi connectivity index (χ0v) is 10.8. The van der Waals surface area contributed by atoms with Crippen molar-refractivity contribution in [3.8, 4) is 0 Å². The van der Waals surface area contributed by atoms with E-state index in [9.17, 15) is 0 Å². The van der Waals surface area contributed by atoms with Gasteiger partial charge < -0.3 is 0 Å². The summed E-state index contributed by atoms with van der Waals surface area (Å²) in [4.78, 5) is 2.47. The minimum atomic E-state index is 0.662. The molecular formula is C13H17Cl2N. The van der Waals surface area contributed by atoms with Crippen molar-refractivity contribution in [2.75, 3.05) is 19.0 Å². The van der Waals surface area contributed by atoms with Crippen LogP contribution in [0.15, 0.2) is 24.3 Å². The number of alkyl halides is 1. The molecule has 0 amide bonds. The predicted molar refractivity (Wildman–Crippen MR) is 70.2 cm³/mol. The Morgan fingerprint density at radius 1 is 1.38 bits per heavy atom. The number of rotatable bonds is 3. The number of hydrogen-bond acceptors (Lipinski definition) is 1. The molecule has 1 atom stereocenters. The lowest BCUT2D eigenvalue weighted by atomic mass is 9.99. The zero-order valence-electron chi connectivity index (χ0n) is 9.33. The molecule has 0 N–H and O–H groups in total. The van der Waals surface area contributed by atoms with E-state index in [-0.39, 0.29) is 0 Å². The number of piperidine rings is 1. The van der Waals surface area contributed by atoms with Gasteiger partial charge in [-0.2, -0.15) is 0 Å². The van der Waals surface area contributed by atoms with Gasteiger partial charge in [0.05, 0.1) is 0 Å². The Bertz CT molecular complexity index is 340. The summed E-state index contributed by atoms with van der Waals surface area (Å²) in [5, 5.41) is 0.823. The van der Waals surface area contributed by atoms with Crippen molar-refractivity contribution in [1.82, 2.24) is 4.90 Å². The molecule has 1 fully saturated rings. The van der Waals surface area contributed by atoms with E-state index in [0.29, 0.717) is 5.92 Å². The Kier molecular flexibility index (Phi) is 4.51. The van der Waals surface area contributed by atoms with E-state index in [4.69, 9.17) is 23.2 Å². The molecule has 0 aromatic heterocycles. The fraction of sp³-hybridized carbons (Fsp3) is 0.538. The average Bonchev–Trinajstić information content (AvgIpc) is 2.29. The molecule has 2 rings (SSSR count). The third-order valence-electron chi connectivity index (χ3n) is 3.12. The van der Waals surface area contributed by atoms with Gasteiger partial charge in [-0.15, -0.1) is 11.6 Å². The summed E-state index contributed by atoms with van der Waals surface area (Å²) in [6, 6.07) is 8.12. The lowest BCUT2D eigenvalue weighted by Crippen LogP contribution is -2.35. The third-order valence-corrected chi connectivity index (χ3v) is 3.79. The SMILES string of the molecule is ClCC1CCCN(Cc2cccc(Cl)c2)C1. The first kappa shape index (κ1) is 12.2. The van der Waals surface area contributed by atoms with Crippen LogP contribution >= 0.6 is 23.2 Å². The van der Waals surface area contributed by atoms with Crippen LogP contribution in [0.5, 0.6) is 0 Å². The van der Waals surface area contributed by atoms with E-state index in [1.54, 1.807) is 0 Å². The van der Waals surface area contributed by atoms with E-state index in [1.165, 1.54) is 24.9 Å². The molecule has 1 aliphatic rings. The van der Waals surface area contributed by atoms with E-state index >= 15 is 0 Å². The van der Waals surface area contributed by atoms with Crippen molar-refractivity contribution in [3.05, 3.63) is 34.9 Å². The molecule has 1 nitrogen and oxygen atoms in total. The van der Waals surface area contributed by atoms with Crippen LogP contribution in [-0.4, -0.2) is 23.9 Å². The van der Waals surface area contributed by atoms with Crippen LogP contribution in [0.2, 0.25) is 5.02 Å². The van der Waals surface area contributed by atoms with Gasteiger partial charge in [0, 0.05) is 24.0 Å². The second-order valence-corrected chi connectivity index (χ2v) is 5.27. The van der Waals surface area contributed by atoms with Crippen molar-refractivity contribution >= 4 is 23.2 Å². The standard InChI is InChI=1S/C13H17Cl2N/c14-8-12-4-2-6-16(10-12)9-11-3-1-5-13(15)7-11/h1,3,5,7,12H,2,4,6,8-10H2. The lowest BCUT2D eigenvalue weighted by molar-refractivity contribution is 0.178. The predicted octanol–water partition coefficient (Wildman–Crippen LogP) is 3.79. The molecule has 0 spiro atoms. The number of likely N-dealkylation sites (tertiary alicyclic amines) is 1. The van der Waals surface area contributed by atoms with Crippen LogP contribution < -0.4 is 0 Å². The highest BCUT2D eigenvalue weighted by atomic mass is 35.5. The van der Waals surface area contributed by atoms with E-state index in [0.717, 1.165) is 24.0 Å². The van der Waals surface area contributed by atoms with Gasteiger partial charge >= 0.3 is 0 Å². The Labute approximate surface area is 107 Å². The van der Waals surface area contributed by atoms with Crippen LogP contribution in [0.1, 0.15) is 18.4 Å². The molecular weight excluding hydrogens is 241 g/mol. The summed E-state index contributed by atoms with van der Waals surface area (Å²) in [6.45, 7) is 3.30. The van der Waals surface area contributed by atoms with Gasteiger partial charge in [0.25, 0.3) is 0 Å². The van der Waals surface area contributed by atoms with Crippen molar-refractivity contribution in [2.24, 2.45) is 5.92 Å². The Morgan fingerprint density at radius 2 is 2.25 bits per heavy atom. The van der Waals surface area contributed by atoms with Gasteiger partial charge in [0.2, 0.25) is 0 Å². The van der Waals surface area contributed by atoms with Gasteiger partial charge in [-0.3, -0.25) is 4.90 Å². The molecule has 0 radical (unpaired) electrons. The monoisotopic (exact) mass is 257 g/mol. The Morgan fingerprint density at radius 3 is 3.00 bits per heavy atom. The van der Waals surface area contributed by atoms with E-state index in [1.807, 2.05) is 18.2 Å². The summed E-state index contributed by atoms with van der Waals surface area (Å²) in [5.41, 5.74) is 1.29. The van der Waals surface area contributed by atoms with Crippen molar-refractivity contribution < 1.29 is 0 Å². The second-order valence-electron chi connectivity index (χ2n) is 4.53. The van der Waals surface area contributed by atoms with Gasteiger partial charge in [-0.25, -0.2) is 0 Å². The van der Waals surface area contributed by atoms with Gasteiger partial charge in [-0.05, 0) is 43.0 Å². The van der Waals surface area contributed by atoms with E-state index < -0.39 is 0 Å². The maximum absolute atomic E-state index is 5.98. The smallest absolute Gasteiger partial charge is 0.0409 e. The largest absolute Gasteiger partial charge is 0.299 e. The summed E-state index contributed by atoms with van der Waals surface area (Å²) in [5.74, 6) is 1.45. The van der Waals surface area contributed by atoms with Gasteiger partial charge in [0.15, 0.2) is 0 Å². The summed E-state index contributed by atoms with van der Waals surface area (Å²) < 4.78 is 0. The number of halogens is 2. The average molecular weight is 258 g/mol. The molecule has 1 aromatic carbocycles. The van der Waals surface area contributed by atoms with Crippen LogP contribution in [0.4, 0.5) is 0 Å². The molecule has 1 aliphatic heterocycles. The maximum atomic E-state index is 5.98. The molecule has 88 valence electrons. The number of nitrogens with zero attached hydrogens (tertiary/aromatic N) is 1. The first-order valence-corrected chi connectivity index (χ1v) is 6.72. The highest BCUT2D eigenvalue weighted by Crippen LogP contribution is 2.20. The van der Waals surface area contributed by atoms with E-state index in [2.05, 4.69) is 11.0 Å². The first-order chi connectivity index (χ1) is 7.78. The topological polar surface area (TPSA) is 3.24 Å². The van der Waals surface area contributed by atoms with Crippen LogP contribution in [0, 0.1) is 5.92 Å². The number of benzene rings is 1. The minimum Gasteiger partial charge on any atom is -0.299 e. The fourth-order valence-electron chi connectivity index (χ4n) is 2.31. The molecule has 3 heteroatoms. The quantitative estimate of drug-likeness (QED) is 0.745. The normalized spacial score (nSPS) is 22.2. The molecule has 16 heavy (non-hydrogen) atoms. The lowest BCUT2D eigenvalue weighted by Gasteiger charge is -2.31. The third kappa shape index (κ3) is 3.38.